The van der Waals surface area contributed by atoms with Crippen LogP contribution in [0.25, 0.3) is 0 Å². The van der Waals surface area contributed by atoms with Gasteiger partial charge in [0.15, 0.2) is 11.5 Å². The highest BCUT2D eigenvalue weighted by Crippen LogP contribution is 2.29. The first kappa shape index (κ1) is 43.7. The van der Waals surface area contributed by atoms with Gasteiger partial charge in [-0.1, -0.05) is 20.1 Å². The molecule has 0 amide bonds. The molecule has 0 unspecified atom stereocenters. The van der Waals surface area contributed by atoms with Crippen LogP contribution in [0.3, 0.4) is 0 Å². The molecule has 13 heteroatoms. The molecule has 0 saturated carbocycles. The lowest BCUT2D eigenvalue weighted by molar-refractivity contribution is -0.138. The third-order valence-corrected chi connectivity index (χ3v) is 8.13. The molecule has 58 heavy (non-hydrogen) atoms. The molecule has 302 valence electrons. The zero-order chi connectivity index (χ0) is 41.5. The summed E-state index contributed by atoms with van der Waals surface area (Å²) in [6.07, 6.45) is 7.10. The molecule has 0 aliphatic heterocycles. The van der Waals surface area contributed by atoms with E-state index in [1.807, 2.05) is 6.92 Å². The predicted molar refractivity (Wildman–Crippen MR) is 218 cm³/mol. The third-order valence-electron chi connectivity index (χ3n) is 8.13. The Labute approximate surface area is 337 Å². The van der Waals surface area contributed by atoms with Gasteiger partial charge in [-0.25, -0.2) is 19.2 Å². The largest absolute Gasteiger partial charge is 0.494 e. The maximum Gasteiger partial charge on any atom is 0.343 e. The predicted octanol–water partition coefficient (Wildman–Crippen LogP) is 8.14. The second-order valence-electron chi connectivity index (χ2n) is 12.3. The van der Waals surface area contributed by atoms with Crippen molar-refractivity contribution in [3.05, 3.63) is 139 Å². The molecule has 4 rings (SSSR count). The van der Waals surface area contributed by atoms with Crippen LogP contribution in [0.1, 0.15) is 70.9 Å². The van der Waals surface area contributed by atoms with Gasteiger partial charge in [-0.05, 0) is 134 Å². The third kappa shape index (κ3) is 14.6. The Morgan fingerprint density at radius 2 is 1.07 bits per heavy atom. The van der Waals surface area contributed by atoms with Gasteiger partial charge in [0.2, 0.25) is 0 Å². The van der Waals surface area contributed by atoms with Crippen LogP contribution in [-0.2, 0) is 19.1 Å². The minimum absolute atomic E-state index is 0.237. The number of hydrogen-bond acceptors (Lipinski definition) is 13. The molecule has 0 heterocycles. The van der Waals surface area contributed by atoms with E-state index in [4.69, 9.17) is 33.2 Å². The van der Waals surface area contributed by atoms with E-state index in [0.717, 1.165) is 17.7 Å². The van der Waals surface area contributed by atoms with E-state index in [2.05, 4.69) is 23.4 Å². The van der Waals surface area contributed by atoms with Crippen molar-refractivity contribution in [3.8, 4) is 28.7 Å². The number of esters is 4. The monoisotopic (exact) mass is 790 g/mol. The van der Waals surface area contributed by atoms with E-state index in [-0.39, 0.29) is 5.75 Å². The Bertz CT molecular complexity index is 2060. The average molecular weight is 791 g/mol. The average Bonchev–Trinajstić information content (AvgIpc) is 3.25. The van der Waals surface area contributed by atoms with Gasteiger partial charge in [-0.15, -0.1) is 0 Å². The Balaban J connectivity index is 1.24. The van der Waals surface area contributed by atoms with Crippen LogP contribution in [-0.4, -0.2) is 69.3 Å². The molecule has 13 nitrogen and oxygen atoms in total. The molecular weight excluding hydrogens is 744 g/mol. The highest BCUT2D eigenvalue weighted by molar-refractivity contribution is 6.01. The highest BCUT2D eigenvalue weighted by atomic mass is 16.6. The second-order valence-corrected chi connectivity index (χ2v) is 12.3. The van der Waals surface area contributed by atoms with Crippen molar-refractivity contribution >= 4 is 35.8 Å². The Morgan fingerprint density at radius 1 is 0.586 bits per heavy atom. The zero-order valence-electron chi connectivity index (χ0n) is 32.6. The fraction of sp³-hybridized carbons (Fsp3) is 0.244. The number of benzene rings is 4. The Kier molecular flexibility index (Phi) is 17.9. The summed E-state index contributed by atoms with van der Waals surface area (Å²) in [4.78, 5) is 47.8. The first-order valence-electron chi connectivity index (χ1n) is 18.6. The van der Waals surface area contributed by atoms with E-state index >= 15 is 0 Å². The molecule has 0 bridgehead atoms. The maximum atomic E-state index is 12.9. The lowest BCUT2D eigenvalue weighted by Gasteiger charge is -2.10. The minimum atomic E-state index is -0.566. The van der Waals surface area contributed by atoms with Gasteiger partial charge in [-0.3, -0.25) is 0 Å². The molecular formula is C45H46N2O11. The van der Waals surface area contributed by atoms with E-state index in [0.29, 0.717) is 104 Å². The second kappa shape index (κ2) is 23.8. The van der Waals surface area contributed by atoms with E-state index < -0.39 is 23.9 Å². The molecule has 0 radical (unpaired) electrons. The summed E-state index contributed by atoms with van der Waals surface area (Å²) in [6.45, 7) is 10.1. The highest BCUT2D eigenvalue weighted by Gasteiger charge is 2.14. The Hall–Kier alpha value is -7.02. The first-order valence-corrected chi connectivity index (χ1v) is 18.6. The molecule has 0 aromatic heterocycles. The van der Waals surface area contributed by atoms with Gasteiger partial charge in [0, 0.05) is 12.2 Å². The number of rotatable bonds is 23. The van der Waals surface area contributed by atoms with Gasteiger partial charge in [0.25, 0.3) is 0 Å². The van der Waals surface area contributed by atoms with E-state index in [1.165, 1.54) is 7.11 Å². The number of methoxy groups -OCH3 is 1. The molecule has 0 spiro atoms. The molecule has 4 aromatic carbocycles. The van der Waals surface area contributed by atoms with Crippen molar-refractivity contribution in [2.24, 2.45) is 10.2 Å². The molecule has 0 atom stereocenters. The van der Waals surface area contributed by atoms with E-state index in [9.17, 15) is 19.2 Å². The molecule has 0 saturated heterocycles. The minimum Gasteiger partial charge on any atom is -0.494 e. The molecule has 0 aliphatic carbocycles. The Morgan fingerprint density at radius 3 is 1.57 bits per heavy atom. The van der Waals surface area contributed by atoms with Crippen LogP contribution in [0.5, 0.6) is 28.7 Å². The van der Waals surface area contributed by atoms with Crippen LogP contribution in [0.15, 0.2) is 127 Å². The maximum absolute atomic E-state index is 12.9. The number of ether oxygens (including phenoxy) is 7. The number of unbranched alkanes of at least 4 members (excludes halogenated alkanes) is 2. The quantitative estimate of drug-likeness (QED) is 0.0178. The number of carbonyl (C=O) groups excluding carboxylic acids is 4. The molecule has 0 aliphatic rings. The number of carbonyl (C=O) groups is 4. The topological polar surface area (TPSA) is 158 Å². The zero-order valence-corrected chi connectivity index (χ0v) is 32.6. The van der Waals surface area contributed by atoms with Crippen molar-refractivity contribution in [2.45, 2.75) is 39.0 Å². The van der Waals surface area contributed by atoms with Crippen molar-refractivity contribution in [1.29, 1.82) is 0 Å². The standard InChI is InChI=1S/C45H46N2O11/c1-5-39(33-13-23-38(24-14-33)57-44(50)34-15-19-36(20-16-34)53-26-8-10-28-55-42(48)6-2)47-46-31-32-12-25-40(41(30-32)52-4)58-45(51)35-17-21-37(22-18-35)54-27-9-11-29-56-43(49)7-3/h6-7,12-25,30-31H,2-3,5,8-11,26-29H2,1,4H3/b46-31+,47-39+. The van der Waals surface area contributed by atoms with Crippen molar-refractivity contribution in [2.75, 3.05) is 33.5 Å². The summed E-state index contributed by atoms with van der Waals surface area (Å²) in [5, 5.41) is 8.66. The number of nitrogens with zero attached hydrogens (tertiary/aromatic N) is 2. The summed E-state index contributed by atoms with van der Waals surface area (Å²) in [5.41, 5.74) is 2.89. The van der Waals surface area contributed by atoms with Crippen molar-refractivity contribution < 1.29 is 52.3 Å². The van der Waals surface area contributed by atoms with Gasteiger partial charge in [0.1, 0.15) is 17.2 Å². The number of hydrogen-bond donors (Lipinski definition) is 0. The summed E-state index contributed by atoms with van der Waals surface area (Å²) in [5.74, 6) is 0.170. The van der Waals surface area contributed by atoms with Crippen LogP contribution < -0.4 is 23.7 Å². The van der Waals surface area contributed by atoms with Gasteiger partial charge in [0.05, 0.1) is 56.6 Å². The fourth-order valence-electron chi connectivity index (χ4n) is 5.01. The summed E-state index contributed by atoms with van der Waals surface area (Å²) >= 11 is 0. The lowest BCUT2D eigenvalue weighted by atomic mass is 10.1. The van der Waals surface area contributed by atoms with Crippen molar-refractivity contribution in [1.82, 2.24) is 0 Å². The van der Waals surface area contributed by atoms with Crippen molar-refractivity contribution in [3.63, 3.8) is 0 Å². The summed E-state index contributed by atoms with van der Waals surface area (Å²) in [6, 6.07) is 25.2. The SMILES string of the molecule is C=CC(=O)OCCCCOc1ccc(C(=O)Oc2ccc(/C(CC)=N/N=C/c3ccc(OC(=O)c4ccc(OCCCCOC(=O)C=C)cc4)c(OC)c3)cc2)cc1. The summed E-state index contributed by atoms with van der Waals surface area (Å²) < 4.78 is 37.9. The van der Waals surface area contributed by atoms with Gasteiger partial charge >= 0.3 is 23.9 Å². The molecule has 0 fully saturated rings. The van der Waals surface area contributed by atoms with Gasteiger partial charge < -0.3 is 33.2 Å². The van der Waals surface area contributed by atoms with Crippen LogP contribution in [0.2, 0.25) is 0 Å². The van der Waals surface area contributed by atoms with Crippen LogP contribution in [0, 0.1) is 0 Å². The first-order chi connectivity index (χ1) is 28.2. The smallest absolute Gasteiger partial charge is 0.343 e. The molecule has 0 N–H and O–H groups in total. The van der Waals surface area contributed by atoms with Crippen LogP contribution in [0.4, 0.5) is 0 Å². The fourth-order valence-corrected chi connectivity index (χ4v) is 5.01. The molecule has 4 aromatic rings. The summed E-state index contributed by atoms with van der Waals surface area (Å²) in [7, 11) is 1.47. The van der Waals surface area contributed by atoms with E-state index in [1.54, 1.807) is 97.2 Å². The normalized spacial score (nSPS) is 11.0. The van der Waals surface area contributed by atoms with Gasteiger partial charge in [-0.2, -0.15) is 10.2 Å². The van der Waals surface area contributed by atoms with Crippen LogP contribution >= 0.6 is 0 Å². The lowest BCUT2D eigenvalue weighted by Crippen LogP contribution is -2.09.